The van der Waals surface area contributed by atoms with Crippen LogP contribution < -0.4 is 10.2 Å². The average molecular weight is 490 g/mol. The maximum absolute atomic E-state index is 14.3. The summed E-state index contributed by atoms with van der Waals surface area (Å²) in [6.45, 7) is 2.42. The summed E-state index contributed by atoms with van der Waals surface area (Å²) in [6.07, 6.45) is 0.830. The second-order valence-electron chi connectivity index (χ2n) is 8.26. The third-order valence-corrected chi connectivity index (χ3v) is 5.88. The summed E-state index contributed by atoms with van der Waals surface area (Å²) in [5.74, 6) is -1.36. The lowest BCUT2D eigenvalue weighted by atomic mass is 10.0. The SMILES string of the molecule is CCc1ccc([C@H](C(=O)NCCOC)N(C(=O)Cn2nnc3ccccc32)c2cccc(F)c2)cc1. The molecule has 1 aromatic heterocycles. The lowest BCUT2D eigenvalue weighted by Gasteiger charge is -2.31. The molecule has 9 heteroatoms. The van der Waals surface area contributed by atoms with Crippen LogP contribution in [0.3, 0.4) is 0 Å². The van der Waals surface area contributed by atoms with Crippen molar-refractivity contribution in [1.29, 1.82) is 0 Å². The number of benzene rings is 3. The monoisotopic (exact) mass is 489 g/mol. The van der Waals surface area contributed by atoms with Gasteiger partial charge in [-0.1, -0.05) is 54.6 Å². The van der Waals surface area contributed by atoms with Crippen LogP contribution in [0.15, 0.2) is 72.8 Å². The van der Waals surface area contributed by atoms with Gasteiger partial charge in [0.1, 0.15) is 23.9 Å². The summed E-state index contributed by atoms with van der Waals surface area (Å²) in [5.41, 5.74) is 3.28. The second-order valence-corrected chi connectivity index (χ2v) is 8.26. The summed E-state index contributed by atoms with van der Waals surface area (Å²) in [6, 6.07) is 19.4. The Morgan fingerprint density at radius 1 is 1.08 bits per heavy atom. The third kappa shape index (κ3) is 5.58. The van der Waals surface area contributed by atoms with E-state index < -0.39 is 23.7 Å². The number of carbonyl (C=O) groups is 2. The smallest absolute Gasteiger partial charge is 0.249 e. The first-order valence-corrected chi connectivity index (χ1v) is 11.7. The fourth-order valence-electron chi connectivity index (χ4n) is 4.03. The zero-order valence-electron chi connectivity index (χ0n) is 20.2. The molecule has 0 fully saturated rings. The van der Waals surface area contributed by atoms with Gasteiger partial charge in [-0.2, -0.15) is 0 Å². The van der Waals surface area contributed by atoms with Gasteiger partial charge < -0.3 is 10.1 Å². The lowest BCUT2D eigenvalue weighted by molar-refractivity contribution is -0.127. The number of hydrogen-bond acceptors (Lipinski definition) is 5. The Kier molecular flexibility index (Phi) is 8.02. The summed E-state index contributed by atoms with van der Waals surface area (Å²) in [5, 5.41) is 11.1. The maximum Gasteiger partial charge on any atom is 0.249 e. The normalized spacial score (nSPS) is 11.9. The molecule has 4 aromatic rings. The Morgan fingerprint density at radius 2 is 1.86 bits per heavy atom. The number of halogens is 1. The van der Waals surface area contributed by atoms with Crippen molar-refractivity contribution in [3.05, 3.63) is 89.7 Å². The highest BCUT2D eigenvalue weighted by Gasteiger charge is 2.33. The van der Waals surface area contributed by atoms with Crippen molar-refractivity contribution in [2.45, 2.75) is 25.9 Å². The van der Waals surface area contributed by atoms with Crippen LogP contribution in [-0.2, 0) is 27.3 Å². The van der Waals surface area contributed by atoms with Crippen molar-refractivity contribution in [3.8, 4) is 0 Å². The molecule has 8 nitrogen and oxygen atoms in total. The first-order chi connectivity index (χ1) is 17.5. The zero-order chi connectivity index (χ0) is 25.5. The largest absolute Gasteiger partial charge is 0.383 e. The van der Waals surface area contributed by atoms with Gasteiger partial charge in [-0.25, -0.2) is 9.07 Å². The van der Waals surface area contributed by atoms with Crippen molar-refractivity contribution in [3.63, 3.8) is 0 Å². The van der Waals surface area contributed by atoms with Crippen molar-refractivity contribution in [2.24, 2.45) is 0 Å². The molecule has 0 aliphatic heterocycles. The van der Waals surface area contributed by atoms with E-state index in [9.17, 15) is 14.0 Å². The van der Waals surface area contributed by atoms with Crippen molar-refractivity contribution in [2.75, 3.05) is 25.2 Å². The standard InChI is InChI=1S/C27H28FN5O3/c1-3-19-11-13-20(14-12-19)26(27(35)29-15-16-36-2)33(22-8-6-7-21(28)17-22)25(34)18-32-24-10-5-4-9-23(24)30-31-32/h4-14,17,26H,3,15-16,18H2,1-2H3,(H,29,35)/t26-/m1/s1. The zero-order valence-corrected chi connectivity index (χ0v) is 20.2. The van der Waals surface area contributed by atoms with Crippen molar-refractivity contribution >= 4 is 28.5 Å². The van der Waals surface area contributed by atoms with Crippen LogP contribution in [0.25, 0.3) is 11.0 Å². The van der Waals surface area contributed by atoms with Gasteiger partial charge in [0.2, 0.25) is 11.8 Å². The Hall–Kier alpha value is -4.11. The minimum atomic E-state index is -1.04. The van der Waals surface area contributed by atoms with Gasteiger partial charge in [-0.15, -0.1) is 5.10 Å². The molecule has 0 aliphatic rings. The first kappa shape index (κ1) is 25.0. The number of nitrogens with one attached hydrogen (secondary N) is 1. The minimum Gasteiger partial charge on any atom is -0.383 e. The van der Waals surface area contributed by atoms with Crippen molar-refractivity contribution in [1.82, 2.24) is 20.3 Å². The first-order valence-electron chi connectivity index (χ1n) is 11.7. The molecule has 0 spiro atoms. The van der Waals surface area contributed by atoms with Gasteiger partial charge in [-0.05, 0) is 47.9 Å². The molecular formula is C27H28FN5O3. The quantitative estimate of drug-likeness (QED) is 0.344. The molecule has 1 atom stereocenters. The summed E-state index contributed by atoms with van der Waals surface area (Å²) in [7, 11) is 1.54. The van der Waals surface area contributed by atoms with Crippen LogP contribution in [-0.4, -0.2) is 47.1 Å². The van der Waals surface area contributed by atoms with E-state index in [0.717, 1.165) is 12.0 Å². The predicted octanol–water partition coefficient (Wildman–Crippen LogP) is 3.67. The molecule has 0 unspecified atom stereocenters. The van der Waals surface area contributed by atoms with Gasteiger partial charge in [0.15, 0.2) is 0 Å². The number of rotatable bonds is 10. The van der Waals surface area contributed by atoms with E-state index in [2.05, 4.69) is 15.6 Å². The summed E-state index contributed by atoms with van der Waals surface area (Å²) < 4.78 is 20.8. The van der Waals surface area contributed by atoms with Gasteiger partial charge in [-0.3, -0.25) is 14.5 Å². The average Bonchev–Trinajstić information content (AvgIpc) is 3.30. The molecule has 0 saturated carbocycles. The Morgan fingerprint density at radius 3 is 2.58 bits per heavy atom. The predicted molar refractivity (Wildman–Crippen MR) is 135 cm³/mol. The maximum atomic E-state index is 14.3. The summed E-state index contributed by atoms with van der Waals surface area (Å²) >= 11 is 0. The number of aryl methyl sites for hydroxylation is 1. The van der Waals surface area contributed by atoms with Crippen LogP contribution in [0.2, 0.25) is 0 Å². The van der Waals surface area contributed by atoms with Gasteiger partial charge in [0.05, 0.1) is 12.1 Å². The molecule has 186 valence electrons. The molecule has 4 rings (SSSR count). The molecule has 0 bridgehead atoms. The highest BCUT2D eigenvalue weighted by Crippen LogP contribution is 2.29. The highest BCUT2D eigenvalue weighted by molar-refractivity contribution is 6.01. The number of methoxy groups -OCH3 is 1. The molecule has 0 radical (unpaired) electrons. The van der Waals surface area contributed by atoms with Crippen LogP contribution in [0.1, 0.15) is 24.1 Å². The fourth-order valence-corrected chi connectivity index (χ4v) is 4.03. The van der Waals surface area contributed by atoms with Gasteiger partial charge in [0.25, 0.3) is 0 Å². The molecule has 2 amide bonds. The van der Waals surface area contributed by atoms with E-state index in [1.807, 2.05) is 49.4 Å². The molecular weight excluding hydrogens is 461 g/mol. The number of ether oxygens (including phenoxy) is 1. The molecule has 36 heavy (non-hydrogen) atoms. The van der Waals surface area contributed by atoms with E-state index in [-0.39, 0.29) is 18.8 Å². The van der Waals surface area contributed by atoms with E-state index in [0.29, 0.717) is 23.2 Å². The Balaban J connectivity index is 1.77. The van der Waals surface area contributed by atoms with E-state index >= 15 is 0 Å². The molecule has 0 aliphatic carbocycles. The molecule has 3 aromatic carbocycles. The van der Waals surface area contributed by atoms with Gasteiger partial charge in [0, 0.05) is 19.3 Å². The molecule has 0 saturated heterocycles. The Labute approximate surface area is 208 Å². The van der Waals surface area contributed by atoms with Crippen LogP contribution >= 0.6 is 0 Å². The number of nitrogens with zero attached hydrogens (tertiary/aromatic N) is 4. The third-order valence-electron chi connectivity index (χ3n) is 5.88. The topological polar surface area (TPSA) is 89.4 Å². The van der Waals surface area contributed by atoms with Crippen molar-refractivity contribution < 1.29 is 18.7 Å². The number of para-hydroxylation sites is 1. The van der Waals surface area contributed by atoms with Gasteiger partial charge >= 0.3 is 0 Å². The molecule has 1 heterocycles. The van der Waals surface area contributed by atoms with E-state index in [4.69, 9.17) is 4.74 Å². The van der Waals surface area contributed by atoms with E-state index in [1.165, 1.54) is 34.9 Å². The second kappa shape index (κ2) is 11.5. The number of anilines is 1. The molecule has 1 N–H and O–H groups in total. The van der Waals surface area contributed by atoms with E-state index in [1.54, 1.807) is 12.1 Å². The van der Waals surface area contributed by atoms with Crippen LogP contribution in [0, 0.1) is 5.82 Å². The fraction of sp³-hybridized carbons (Fsp3) is 0.259. The number of aromatic nitrogens is 3. The lowest BCUT2D eigenvalue weighted by Crippen LogP contribution is -2.46. The Bertz CT molecular complexity index is 1340. The van der Waals surface area contributed by atoms with Crippen LogP contribution in [0.4, 0.5) is 10.1 Å². The van der Waals surface area contributed by atoms with Crippen LogP contribution in [0.5, 0.6) is 0 Å². The number of hydrogen-bond donors (Lipinski definition) is 1. The highest BCUT2D eigenvalue weighted by atomic mass is 19.1. The number of amides is 2. The number of carbonyl (C=O) groups excluding carboxylic acids is 2. The number of fused-ring (bicyclic) bond motifs is 1. The summed E-state index contributed by atoms with van der Waals surface area (Å²) in [4.78, 5) is 28.7. The minimum absolute atomic E-state index is 0.189.